The normalized spacial score (nSPS) is 7.53. The topological polar surface area (TPSA) is 26.0 Å². The van der Waals surface area contributed by atoms with Crippen LogP contribution in [0, 0.1) is 5.92 Å². The molecular weight excluding hydrogens is 206 g/mol. The second kappa shape index (κ2) is 44.8. The van der Waals surface area contributed by atoms with Crippen LogP contribution in [0.4, 0.5) is 0 Å². The highest BCUT2D eigenvalue weighted by Gasteiger charge is 1.68. The molecular formula is C16H43N. The van der Waals surface area contributed by atoms with Crippen molar-refractivity contribution in [2.45, 2.75) is 89.6 Å². The molecule has 1 nitrogen and oxygen atoms in total. The first-order valence-electron chi connectivity index (χ1n) is 6.12. The SMILES string of the molecule is C.C.CC(C)C.CC(C)N.CC=CC.CCC. The van der Waals surface area contributed by atoms with E-state index in [1.165, 1.54) is 6.42 Å². The molecule has 0 saturated heterocycles. The van der Waals surface area contributed by atoms with Gasteiger partial charge in [0.05, 0.1) is 0 Å². The summed E-state index contributed by atoms with van der Waals surface area (Å²) >= 11 is 0. The first-order chi connectivity index (χ1) is 6.79. The lowest BCUT2D eigenvalue weighted by atomic mass is 10.3. The molecule has 17 heavy (non-hydrogen) atoms. The second-order valence-corrected chi connectivity index (χ2v) is 4.35. The summed E-state index contributed by atoms with van der Waals surface area (Å²) in [4.78, 5) is 0. The van der Waals surface area contributed by atoms with Crippen molar-refractivity contribution in [3.8, 4) is 0 Å². The molecule has 2 N–H and O–H groups in total. The Morgan fingerprint density at radius 2 is 0.882 bits per heavy atom. The maximum atomic E-state index is 5.11. The molecule has 0 bridgehead atoms. The number of allylic oxidation sites excluding steroid dienone is 2. The van der Waals surface area contributed by atoms with Gasteiger partial charge in [-0.15, -0.1) is 0 Å². The minimum absolute atomic E-state index is 0. The fourth-order valence-corrected chi connectivity index (χ4v) is 0. The third kappa shape index (κ3) is 6010. The average Bonchev–Trinajstić information content (AvgIpc) is 2.03. The van der Waals surface area contributed by atoms with E-state index < -0.39 is 0 Å². The molecule has 0 aromatic rings. The summed E-state index contributed by atoms with van der Waals surface area (Å²) in [5, 5.41) is 0. The summed E-state index contributed by atoms with van der Waals surface area (Å²) in [6.45, 7) is 18.6. The molecule has 0 fully saturated rings. The Kier molecular flexibility index (Phi) is 94.8. The van der Waals surface area contributed by atoms with E-state index in [1.807, 2.05) is 39.8 Å². The molecule has 0 aromatic heterocycles. The highest BCUT2D eigenvalue weighted by atomic mass is 14.6. The van der Waals surface area contributed by atoms with Crippen molar-refractivity contribution in [1.29, 1.82) is 0 Å². The molecule has 1 heteroatoms. The number of rotatable bonds is 0. The van der Waals surface area contributed by atoms with Crippen molar-refractivity contribution >= 4 is 0 Å². The number of hydrogen-bond donors (Lipinski definition) is 1. The fraction of sp³-hybridized carbons (Fsp3) is 0.875. The molecule has 0 aromatic carbocycles. The van der Waals surface area contributed by atoms with Crippen LogP contribution in [-0.2, 0) is 0 Å². The summed E-state index contributed by atoms with van der Waals surface area (Å²) in [6, 6.07) is 0.333. The highest BCUT2D eigenvalue weighted by molar-refractivity contribution is 4.68. The van der Waals surface area contributed by atoms with Gasteiger partial charge in [0.25, 0.3) is 0 Å². The number of nitrogens with two attached hydrogens (primary N) is 1. The monoisotopic (exact) mass is 249 g/mol. The van der Waals surface area contributed by atoms with E-state index in [4.69, 9.17) is 5.73 Å². The summed E-state index contributed by atoms with van der Waals surface area (Å²) in [5.74, 6) is 0.833. The molecule has 0 amide bonds. The first-order valence-corrected chi connectivity index (χ1v) is 6.12. The minimum Gasteiger partial charge on any atom is -0.328 e. The quantitative estimate of drug-likeness (QED) is 0.502. The summed E-state index contributed by atoms with van der Waals surface area (Å²) in [7, 11) is 0. The first kappa shape index (κ1) is 36.0. The molecule has 0 heterocycles. The summed E-state index contributed by atoms with van der Waals surface area (Å²) in [6.07, 6.45) is 5.25. The van der Waals surface area contributed by atoms with Gasteiger partial charge in [-0.2, -0.15) is 0 Å². The van der Waals surface area contributed by atoms with Crippen molar-refractivity contribution in [2.75, 3.05) is 0 Å². The largest absolute Gasteiger partial charge is 0.328 e. The third-order valence-electron chi connectivity index (χ3n) is 0.333. The lowest BCUT2D eigenvalue weighted by molar-refractivity contribution is 0.737. The van der Waals surface area contributed by atoms with Gasteiger partial charge in [-0.25, -0.2) is 0 Å². The molecule has 0 saturated carbocycles. The van der Waals surface area contributed by atoms with Crippen molar-refractivity contribution in [3.05, 3.63) is 12.2 Å². The Balaban J connectivity index is -0.0000000230. The van der Waals surface area contributed by atoms with E-state index in [9.17, 15) is 0 Å². The fourth-order valence-electron chi connectivity index (χ4n) is 0. The van der Waals surface area contributed by atoms with Crippen LogP contribution in [0.15, 0.2) is 12.2 Å². The van der Waals surface area contributed by atoms with Gasteiger partial charge in [-0.05, 0) is 25.8 Å². The molecule has 0 aliphatic heterocycles. The van der Waals surface area contributed by atoms with Crippen LogP contribution in [0.3, 0.4) is 0 Å². The molecule has 0 unspecified atom stereocenters. The Morgan fingerprint density at radius 1 is 0.824 bits per heavy atom. The van der Waals surface area contributed by atoms with E-state index in [0.717, 1.165) is 5.92 Å². The predicted octanol–water partition coefficient (Wildman–Crippen LogP) is 6.29. The van der Waals surface area contributed by atoms with Gasteiger partial charge in [-0.3, -0.25) is 0 Å². The smallest absolute Gasteiger partial charge is 0.00179 e. The molecule has 0 aliphatic carbocycles. The van der Waals surface area contributed by atoms with E-state index in [1.54, 1.807) is 0 Å². The molecule has 0 aliphatic rings. The van der Waals surface area contributed by atoms with Gasteiger partial charge >= 0.3 is 0 Å². The van der Waals surface area contributed by atoms with Crippen LogP contribution in [0.5, 0.6) is 0 Å². The number of hydrogen-bond acceptors (Lipinski definition) is 1. The van der Waals surface area contributed by atoms with Crippen LogP contribution in [0.25, 0.3) is 0 Å². The van der Waals surface area contributed by atoms with Crippen molar-refractivity contribution in [1.82, 2.24) is 0 Å². The molecule has 0 atom stereocenters. The van der Waals surface area contributed by atoms with E-state index in [2.05, 4.69) is 34.6 Å². The van der Waals surface area contributed by atoms with Gasteiger partial charge < -0.3 is 5.73 Å². The van der Waals surface area contributed by atoms with E-state index in [-0.39, 0.29) is 14.9 Å². The minimum atomic E-state index is 0. The maximum absolute atomic E-state index is 5.11. The molecule has 0 spiro atoms. The third-order valence-corrected chi connectivity index (χ3v) is 0.333. The lowest BCUT2D eigenvalue weighted by Gasteiger charge is -1.81. The summed E-state index contributed by atoms with van der Waals surface area (Å²) < 4.78 is 0. The molecule has 112 valence electrons. The Hall–Kier alpha value is -0.300. The van der Waals surface area contributed by atoms with Gasteiger partial charge in [0.1, 0.15) is 0 Å². The lowest BCUT2D eigenvalue weighted by Crippen LogP contribution is -2.06. The van der Waals surface area contributed by atoms with E-state index in [0.29, 0.717) is 6.04 Å². The zero-order valence-corrected chi connectivity index (χ0v) is 12.6. The summed E-state index contributed by atoms with van der Waals surface area (Å²) in [5.41, 5.74) is 5.11. The van der Waals surface area contributed by atoms with E-state index >= 15 is 0 Å². The highest BCUT2D eigenvalue weighted by Crippen LogP contribution is 1.81. The van der Waals surface area contributed by atoms with Crippen LogP contribution < -0.4 is 5.73 Å². The van der Waals surface area contributed by atoms with Crippen molar-refractivity contribution in [3.63, 3.8) is 0 Å². The van der Waals surface area contributed by atoms with Crippen molar-refractivity contribution < 1.29 is 0 Å². The van der Waals surface area contributed by atoms with Crippen LogP contribution in [-0.4, -0.2) is 6.04 Å². The average molecular weight is 250 g/mol. The Morgan fingerprint density at radius 3 is 0.882 bits per heavy atom. The van der Waals surface area contributed by atoms with Gasteiger partial charge in [0, 0.05) is 0 Å². The van der Waals surface area contributed by atoms with Gasteiger partial charge in [0.15, 0.2) is 0 Å². The zero-order chi connectivity index (χ0) is 13.3. The van der Waals surface area contributed by atoms with Crippen molar-refractivity contribution in [2.24, 2.45) is 11.7 Å². The molecule has 0 rings (SSSR count). The Bertz CT molecular complexity index is 68.0. The van der Waals surface area contributed by atoms with Gasteiger partial charge in [-0.1, -0.05) is 81.9 Å². The van der Waals surface area contributed by atoms with Crippen LogP contribution in [0.1, 0.15) is 83.6 Å². The second-order valence-electron chi connectivity index (χ2n) is 4.35. The maximum Gasteiger partial charge on any atom is -0.00179 e. The predicted molar refractivity (Wildman–Crippen MR) is 89.8 cm³/mol. The Labute approximate surface area is 114 Å². The van der Waals surface area contributed by atoms with Crippen LogP contribution in [0.2, 0.25) is 0 Å². The standard InChI is InChI=1S/C4H10.C4H8.C3H9N.C3H8.2CH4/c1-4(2)3;1-3-4-2;1-3(2)4;1-3-2;;/h4H,1-3H3;3-4H,1-2H3;3H,4H2,1-2H3;3H2,1-2H3;2*1H4. The van der Waals surface area contributed by atoms with Crippen LogP contribution >= 0.6 is 0 Å². The molecule has 0 radical (unpaired) electrons. The zero-order valence-electron chi connectivity index (χ0n) is 12.6. The van der Waals surface area contributed by atoms with Gasteiger partial charge in [0.2, 0.25) is 0 Å².